The SMILES string of the molecule is CC1CCC(NC(=O)N2CC(O)C[C@H]2C(=O)O)C1C. The molecule has 2 amide bonds. The number of aliphatic carboxylic acids is 1. The summed E-state index contributed by atoms with van der Waals surface area (Å²) in [5, 5.41) is 21.5. The third-order valence-corrected chi connectivity index (χ3v) is 4.60. The number of hydrogen-bond acceptors (Lipinski definition) is 3. The number of carbonyl (C=O) groups excluding carboxylic acids is 1. The summed E-state index contributed by atoms with van der Waals surface area (Å²) in [5.74, 6) is -0.0796. The quantitative estimate of drug-likeness (QED) is 0.687. The summed E-state index contributed by atoms with van der Waals surface area (Å²) in [6.45, 7) is 4.37. The van der Waals surface area contributed by atoms with Crippen LogP contribution in [0.1, 0.15) is 33.1 Å². The number of hydrogen-bond donors (Lipinski definition) is 3. The van der Waals surface area contributed by atoms with E-state index in [0.717, 1.165) is 12.8 Å². The first-order valence-corrected chi connectivity index (χ1v) is 6.88. The van der Waals surface area contributed by atoms with E-state index < -0.39 is 18.1 Å². The van der Waals surface area contributed by atoms with Crippen LogP contribution in [0.15, 0.2) is 0 Å². The lowest BCUT2D eigenvalue weighted by atomic mass is 9.98. The van der Waals surface area contributed by atoms with Crippen LogP contribution in [0, 0.1) is 11.8 Å². The second kappa shape index (κ2) is 5.36. The fourth-order valence-corrected chi connectivity index (χ4v) is 3.08. The van der Waals surface area contributed by atoms with Crippen LogP contribution in [0.4, 0.5) is 4.79 Å². The molecule has 0 bridgehead atoms. The maximum absolute atomic E-state index is 12.2. The van der Waals surface area contributed by atoms with Gasteiger partial charge in [-0.15, -0.1) is 0 Å². The molecule has 1 aliphatic carbocycles. The Morgan fingerprint density at radius 1 is 1.26 bits per heavy atom. The van der Waals surface area contributed by atoms with Crippen molar-refractivity contribution in [3.8, 4) is 0 Å². The summed E-state index contributed by atoms with van der Waals surface area (Å²) < 4.78 is 0. The number of urea groups is 1. The molecular formula is C13H22N2O4. The number of aliphatic hydroxyl groups is 1. The second-order valence-electron chi connectivity index (χ2n) is 5.87. The van der Waals surface area contributed by atoms with Gasteiger partial charge in [0.1, 0.15) is 6.04 Å². The maximum Gasteiger partial charge on any atom is 0.326 e. The van der Waals surface area contributed by atoms with Crippen molar-refractivity contribution in [1.82, 2.24) is 10.2 Å². The molecule has 4 unspecified atom stereocenters. The van der Waals surface area contributed by atoms with Gasteiger partial charge in [-0.2, -0.15) is 0 Å². The van der Waals surface area contributed by atoms with E-state index in [1.807, 2.05) is 0 Å². The Hall–Kier alpha value is -1.30. The molecule has 3 N–H and O–H groups in total. The van der Waals surface area contributed by atoms with E-state index >= 15 is 0 Å². The van der Waals surface area contributed by atoms with Gasteiger partial charge < -0.3 is 20.4 Å². The zero-order valence-electron chi connectivity index (χ0n) is 11.4. The molecule has 5 atom stereocenters. The van der Waals surface area contributed by atoms with Crippen molar-refractivity contribution < 1.29 is 19.8 Å². The smallest absolute Gasteiger partial charge is 0.326 e. The molecular weight excluding hydrogens is 248 g/mol. The highest BCUT2D eigenvalue weighted by molar-refractivity contribution is 5.83. The Morgan fingerprint density at radius 3 is 2.47 bits per heavy atom. The highest BCUT2D eigenvalue weighted by atomic mass is 16.4. The number of aliphatic hydroxyl groups excluding tert-OH is 1. The number of carbonyl (C=O) groups is 2. The van der Waals surface area contributed by atoms with Gasteiger partial charge in [0.05, 0.1) is 6.10 Å². The monoisotopic (exact) mass is 270 g/mol. The van der Waals surface area contributed by atoms with Crippen LogP contribution in [-0.4, -0.2) is 51.8 Å². The van der Waals surface area contributed by atoms with Crippen molar-refractivity contribution in [3.05, 3.63) is 0 Å². The van der Waals surface area contributed by atoms with Crippen LogP contribution in [0.25, 0.3) is 0 Å². The normalized spacial score (nSPS) is 38.5. The molecule has 19 heavy (non-hydrogen) atoms. The number of nitrogens with one attached hydrogen (secondary N) is 1. The molecule has 0 aromatic carbocycles. The van der Waals surface area contributed by atoms with Gasteiger partial charge in [0, 0.05) is 19.0 Å². The standard InChI is InChI=1S/C13H22N2O4/c1-7-3-4-10(8(7)2)14-13(19)15-6-9(16)5-11(15)12(17)18/h7-11,16H,3-6H2,1-2H3,(H,14,19)(H,17,18)/t7?,8?,9?,10?,11-/m0/s1. The van der Waals surface area contributed by atoms with Crippen LogP contribution in [0.2, 0.25) is 0 Å². The number of amides is 2. The van der Waals surface area contributed by atoms with E-state index in [4.69, 9.17) is 5.11 Å². The predicted molar refractivity (Wildman–Crippen MR) is 68.6 cm³/mol. The molecule has 2 fully saturated rings. The highest BCUT2D eigenvalue weighted by Gasteiger charge is 2.40. The van der Waals surface area contributed by atoms with Crippen molar-refractivity contribution in [1.29, 1.82) is 0 Å². The highest BCUT2D eigenvalue weighted by Crippen LogP contribution is 2.31. The molecule has 2 rings (SSSR count). The largest absolute Gasteiger partial charge is 0.480 e. The Kier molecular flexibility index (Phi) is 3.99. The molecule has 0 radical (unpaired) electrons. The fraction of sp³-hybridized carbons (Fsp3) is 0.846. The van der Waals surface area contributed by atoms with Gasteiger partial charge >= 0.3 is 12.0 Å². The molecule has 1 saturated heterocycles. The minimum absolute atomic E-state index is 0.0967. The molecule has 1 heterocycles. The van der Waals surface area contributed by atoms with Crippen molar-refractivity contribution in [2.45, 2.75) is 51.3 Å². The molecule has 0 aromatic rings. The maximum atomic E-state index is 12.2. The first-order chi connectivity index (χ1) is 8.90. The van der Waals surface area contributed by atoms with Gasteiger partial charge in [-0.3, -0.25) is 0 Å². The van der Waals surface area contributed by atoms with Crippen molar-refractivity contribution in [2.75, 3.05) is 6.54 Å². The third kappa shape index (κ3) is 2.83. The van der Waals surface area contributed by atoms with Gasteiger partial charge in [0.25, 0.3) is 0 Å². The zero-order chi connectivity index (χ0) is 14.2. The van der Waals surface area contributed by atoms with Gasteiger partial charge in [0.15, 0.2) is 0 Å². The van der Waals surface area contributed by atoms with E-state index in [1.165, 1.54) is 4.90 Å². The third-order valence-electron chi connectivity index (χ3n) is 4.60. The van der Waals surface area contributed by atoms with Gasteiger partial charge in [-0.05, 0) is 24.7 Å². The fourth-order valence-electron chi connectivity index (χ4n) is 3.08. The summed E-state index contributed by atoms with van der Waals surface area (Å²) in [4.78, 5) is 24.5. The molecule has 108 valence electrons. The summed E-state index contributed by atoms with van der Waals surface area (Å²) in [7, 11) is 0. The van der Waals surface area contributed by atoms with Gasteiger partial charge in [0.2, 0.25) is 0 Å². The minimum atomic E-state index is -1.06. The van der Waals surface area contributed by atoms with Gasteiger partial charge in [-0.1, -0.05) is 13.8 Å². The van der Waals surface area contributed by atoms with Crippen LogP contribution in [-0.2, 0) is 4.79 Å². The lowest BCUT2D eigenvalue weighted by Crippen LogP contribution is -2.50. The molecule has 2 aliphatic rings. The first kappa shape index (κ1) is 14.1. The van der Waals surface area contributed by atoms with Crippen molar-refractivity contribution in [2.24, 2.45) is 11.8 Å². The lowest BCUT2D eigenvalue weighted by Gasteiger charge is -2.26. The van der Waals surface area contributed by atoms with Crippen molar-refractivity contribution in [3.63, 3.8) is 0 Å². The van der Waals surface area contributed by atoms with Crippen LogP contribution >= 0.6 is 0 Å². The average Bonchev–Trinajstić information content (AvgIpc) is 2.87. The number of rotatable bonds is 2. The molecule has 6 nitrogen and oxygen atoms in total. The number of carboxylic acid groups (broad SMARTS) is 1. The summed E-state index contributed by atoms with van der Waals surface area (Å²) in [6.07, 6.45) is 1.38. The number of nitrogens with zero attached hydrogens (tertiary/aromatic N) is 1. The Morgan fingerprint density at radius 2 is 1.95 bits per heavy atom. The first-order valence-electron chi connectivity index (χ1n) is 6.88. The summed E-state index contributed by atoms with van der Waals surface area (Å²) in [6, 6.07) is -1.17. The van der Waals surface area contributed by atoms with Gasteiger partial charge in [-0.25, -0.2) is 9.59 Å². The van der Waals surface area contributed by atoms with E-state index in [1.54, 1.807) is 0 Å². The Bertz CT molecular complexity index is 374. The minimum Gasteiger partial charge on any atom is -0.480 e. The van der Waals surface area contributed by atoms with Crippen LogP contribution in [0.3, 0.4) is 0 Å². The zero-order valence-corrected chi connectivity index (χ0v) is 11.4. The summed E-state index contributed by atoms with van der Waals surface area (Å²) >= 11 is 0. The predicted octanol–water partition coefficient (Wildman–Crippen LogP) is 0.650. The molecule has 0 spiro atoms. The number of likely N-dealkylation sites (tertiary alicyclic amines) is 1. The molecule has 1 aliphatic heterocycles. The van der Waals surface area contributed by atoms with E-state index in [9.17, 15) is 14.7 Å². The van der Waals surface area contributed by atoms with E-state index in [2.05, 4.69) is 19.2 Å². The Balaban J connectivity index is 1.97. The van der Waals surface area contributed by atoms with Crippen LogP contribution in [0.5, 0.6) is 0 Å². The molecule has 1 saturated carbocycles. The summed E-state index contributed by atoms with van der Waals surface area (Å²) in [5.41, 5.74) is 0. The molecule has 0 aromatic heterocycles. The topological polar surface area (TPSA) is 89.9 Å². The molecule has 6 heteroatoms. The average molecular weight is 270 g/mol. The Labute approximate surface area is 112 Å². The van der Waals surface area contributed by atoms with Crippen molar-refractivity contribution >= 4 is 12.0 Å². The number of carboxylic acids is 1. The van der Waals surface area contributed by atoms with E-state index in [0.29, 0.717) is 11.8 Å². The second-order valence-corrected chi connectivity index (χ2v) is 5.87. The van der Waals surface area contributed by atoms with E-state index in [-0.39, 0.29) is 25.0 Å². The lowest BCUT2D eigenvalue weighted by molar-refractivity contribution is -0.141. The van der Waals surface area contributed by atoms with Crippen LogP contribution < -0.4 is 5.32 Å². The number of β-amino-alcohol motifs (C(OH)–C–C–N with tert-alkyl or cyclic N) is 1.